The summed E-state index contributed by atoms with van der Waals surface area (Å²) in [5, 5.41) is 12.8. The molecule has 0 spiro atoms. The maximum Gasteiger partial charge on any atom is 0.211 e. The van der Waals surface area contributed by atoms with Crippen LogP contribution in [0.25, 0.3) is 0 Å². The minimum Gasteiger partial charge on any atom is -0.484 e. The first-order chi connectivity index (χ1) is 11.7. The Bertz CT molecular complexity index is 865. The SMILES string of the molecule is CSc1nncn1/N=C/c1ccc(COc2ccc(F)cc2Cl)o1. The first-order valence-corrected chi connectivity index (χ1v) is 8.41. The Kier molecular flexibility index (Phi) is 5.17. The summed E-state index contributed by atoms with van der Waals surface area (Å²) in [6, 6.07) is 7.47. The van der Waals surface area contributed by atoms with Gasteiger partial charge in [-0.3, -0.25) is 0 Å². The van der Waals surface area contributed by atoms with Crippen molar-refractivity contribution in [1.82, 2.24) is 14.9 Å². The molecule has 2 aromatic heterocycles. The number of furan rings is 1. The Balaban J connectivity index is 1.63. The van der Waals surface area contributed by atoms with Crippen LogP contribution in [0.2, 0.25) is 5.02 Å². The highest BCUT2D eigenvalue weighted by Crippen LogP contribution is 2.25. The van der Waals surface area contributed by atoms with Crippen LogP contribution in [0.1, 0.15) is 11.5 Å². The van der Waals surface area contributed by atoms with E-state index >= 15 is 0 Å². The molecule has 0 fully saturated rings. The minimum atomic E-state index is -0.414. The van der Waals surface area contributed by atoms with E-state index in [9.17, 15) is 4.39 Å². The van der Waals surface area contributed by atoms with Crippen molar-refractivity contribution in [1.29, 1.82) is 0 Å². The van der Waals surface area contributed by atoms with E-state index in [4.69, 9.17) is 20.8 Å². The van der Waals surface area contributed by atoms with E-state index < -0.39 is 5.82 Å². The smallest absolute Gasteiger partial charge is 0.211 e. The lowest BCUT2D eigenvalue weighted by atomic mass is 10.3. The Morgan fingerprint density at radius 1 is 1.42 bits per heavy atom. The van der Waals surface area contributed by atoms with Crippen molar-refractivity contribution in [3.63, 3.8) is 0 Å². The van der Waals surface area contributed by atoms with Gasteiger partial charge in [-0.1, -0.05) is 23.4 Å². The van der Waals surface area contributed by atoms with E-state index in [1.54, 1.807) is 23.0 Å². The highest BCUT2D eigenvalue weighted by Gasteiger charge is 2.06. The molecule has 2 heterocycles. The second-order valence-electron chi connectivity index (χ2n) is 4.57. The molecule has 0 saturated carbocycles. The van der Waals surface area contributed by atoms with Crippen molar-refractivity contribution in [2.75, 3.05) is 6.26 Å². The summed E-state index contributed by atoms with van der Waals surface area (Å²) in [5.74, 6) is 1.12. The molecule has 0 aliphatic carbocycles. The Hall–Kier alpha value is -2.32. The Morgan fingerprint density at radius 2 is 2.29 bits per heavy atom. The van der Waals surface area contributed by atoms with Gasteiger partial charge in [0.25, 0.3) is 0 Å². The predicted octanol–water partition coefficient (Wildman–Crippen LogP) is 3.85. The number of hydrogen-bond acceptors (Lipinski definition) is 6. The standard InChI is InChI=1S/C15H12ClFN4O2S/c1-24-15-20-18-9-21(15)19-7-11-3-4-12(23-11)8-22-14-5-2-10(17)6-13(14)16/h2-7,9H,8H2,1H3/b19-7+. The van der Waals surface area contributed by atoms with Gasteiger partial charge in [0.2, 0.25) is 5.16 Å². The second-order valence-corrected chi connectivity index (χ2v) is 5.75. The molecule has 0 radical (unpaired) electrons. The fraction of sp³-hybridized carbons (Fsp3) is 0.133. The number of hydrogen-bond donors (Lipinski definition) is 0. The molecule has 3 rings (SSSR count). The number of rotatable bonds is 6. The molecule has 24 heavy (non-hydrogen) atoms. The number of aromatic nitrogens is 3. The van der Waals surface area contributed by atoms with Crippen molar-refractivity contribution >= 4 is 29.6 Å². The maximum atomic E-state index is 13.0. The molecule has 0 N–H and O–H groups in total. The summed E-state index contributed by atoms with van der Waals surface area (Å²) < 4.78 is 25.6. The molecule has 1 aromatic carbocycles. The molecule has 0 bridgehead atoms. The molecular formula is C15H12ClFN4O2S. The summed E-state index contributed by atoms with van der Waals surface area (Å²) in [6.45, 7) is 0.169. The summed E-state index contributed by atoms with van der Waals surface area (Å²) in [6.07, 6.45) is 4.95. The van der Waals surface area contributed by atoms with Crippen LogP contribution >= 0.6 is 23.4 Å². The molecule has 6 nitrogen and oxygen atoms in total. The number of ether oxygens (including phenoxy) is 1. The lowest BCUT2D eigenvalue weighted by Gasteiger charge is -2.05. The topological polar surface area (TPSA) is 65.4 Å². The van der Waals surface area contributed by atoms with Crippen LogP contribution < -0.4 is 4.74 Å². The van der Waals surface area contributed by atoms with Gasteiger partial charge in [-0.15, -0.1) is 10.2 Å². The number of thioether (sulfide) groups is 1. The molecule has 124 valence electrons. The third-order valence-electron chi connectivity index (χ3n) is 2.94. The number of benzene rings is 1. The van der Waals surface area contributed by atoms with E-state index in [1.807, 2.05) is 6.26 Å². The van der Waals surface area contributed by atoms with Gasteiger partial charge >= 0.3 is 0 Å². The van der Waals surface area contributed by atoms with Crippen LogP contribution in [0.15, 0.2) is 51.3 Å². The molecule has 0 unspecified atom stereocenters. The van der Waals surface area contributed by atoms with Crippen molar-refractivity contribution < 1.29 is 13.5 Å². The Morgan fingerprint density at radius 3 is 3.08 bits per heavy atom. The average Bonchev–Trinajstić information content (AvgIpc) is 3.20. The van der Waals surface area contributed by atoms with Gasteiger partial charge < -0.3 is 9.15 Å². The third kappa shape index (κ3) is 3.95. The number of halogens is 2. The second kappa shape index (κ2) is 7.50. The minimum absolute atomic E-state index is 0.169. The molecule has 0 saturated heterocycles. The van der Waals surface area contributed by atoms with E-state index in [0.717, 1.165) is 0 Å². The maximum absolute atomic E-state index is 13.0. The van der Waals surface area contributed by atoms with Gasteiger partial charge in [0.15, 0.2) is 0 Å². The summed E-state index contributed by atoms with van der Waals surface area (Å²) >= 11 is 7.34. The number of nitrogens with zero attached hydrogens (tertiary/aromatic N) is 4. The molecular weight excluding hydrogens is 355 g/mol. The molecule has 0 aliphatic heterocycles. The van der Waals surface area contributed by atoms with Crippen LogP contribution in [-0.2, 0) is 6.61 Å². The predicted molar refractivity (Wildman–Crippen MR) is 89.2 cm³/mol. The zero-order valence-corrected chi connectivity index (χ0v) is 14.1. The monoisotopic (exact) mass is 366 g/mol. The van der Waals surface area contributed by atoms with Gasteiger partial charge in [-0.2, -0.15) is 9.78 Å². The van der Waals surface area contributed by atoms with Gasteiger partial charge in [-0.05, 0) is 36.6 Å². The summed E-state index contributed by atoms with van der Waals surface area (Å²) in [5.41, 5.74) is 0. The normalized spacial score (nSPS) is 11.3. The Labute approximate surface area is 146 Å². The molecule has 3 aromatic rings. The van der Waals surface area contributed by atoms with Gasteiger partial charge in [0.1, 0.15) is 36.0 Å². The lowest BCUT2D eigenvalue weighted by molar-refractivity contribution is 0.269. The van der Waals surface area contributed by atoms with E-state index in [0.29, 0.717) is 22.4 Å². The zero-order chi connectivity index (χ0) is 16.9. The zero-order valence-electron chi connectivity index (χ0n) is 12.5. The van der Waals surface area contributed by atoms with Gasteiger partial charge in [-0.25, -0.2) is 4.39 Å². The molecule has 0 amide bonds. The quantitative estimate of drug-likeness (QED) is 0.489. The fourth-order valence-corrected chi connectivity index (χ4v) is 2.47. The van der Waals surface area contributed by atoms with Crippen LogP contribution in [0.5, 0.6) is 5.75 Å². The highest BCUT2D eigenvalue weighted by molar-refractivity contribution is 7.98. The van der Waals surface area contributed by atoms with Crippen molar-refractivity contribution in [2.24, 2.45) is 5.10 Å². The molecule has 9 heteroatoms. The van der Waals surface area contributed by atoms with Crippen molar-refractivity contribution in [2.45, 2.75) is 11.8 Å². The molecule has 0 aliphatic rings. The first-order valence-electron chi connectivity index (χ1n) is 6.80. The largest absolute Gasteiger partial charge is 0.484 e. The molecule has 0 atom stereocenters. The highest BCUT2D eigenvalue weighted by atomic mass is 35.5. The van der Waals surface area contributed by atoms with E-state index in [-0.39, 0.29) is 11.6 Å². The average molecular weight is 367 g/mol. The van der Waals surface area contributed by atoms with Crippen LogP contribution in [0.4, 0.5) is 4.39 Å². The first kappa shape index (κ1) is 16.5. The van der Waals surface area contributed by atoms with Crippen LogP contribution in [0, 0.1) is 5.82 Å². The van der Waals surface area contributed by atoms with Gasteiger partial charge in [0.05, 0.1) is 11.2 Å². The van der Waals surface area contributed by atoms with Crippen molar-refractivity contribution in [3.8, 4) is 5.75 Å². The summed E-state index contributed by atoms with van der Waals surface area (Å²) in [7, 11) is 0. The van der Waals surface area contributed by atoms with Crippen LogP contribution in [-0.4, -0.2) is 27.3 Å². The van der Waals surface area contributed by atoms with E-state index in [2.05, 4.69) is 15.3 Å². The third-order valence-corrected chi connectivity index (χ3v) is 3.87. The van der Waals surface area contributed by atoms with Gasteiger partial charge in [0, 0.05) is 0 Å². The lowest BCUT2D eigenvalue weighted by Crippen LogP contribution is -1.95. The summed E-state index contributed by atoms with van der Waals surface area (Å²) in [4.78, 5) is 0. The fourth-order valence-electron chi connectivity index (χ4n) is 1.83. The van der Waals surface area contributed by atoms with E-state index in [1.165, 1.54) is 36.3 Å². The van der Waals surface area contributed by atoms with Crippen LogP contribution in [0.3, 0.4) is 0 Å². The van der Waals surface area contributed by atoms with Crippen molar-refractivity contribution in [3.05, 3.63) is 59.0 Å².